The molecular weight excluding hydrogens is 839 g/mol. The zero-order valence-electron chi connectivity index (χ0n) is 29.2. The number of cyclic esters (lactones) is 1. The minimum Gasteiger partial charge on any atom is -0.422 e. The second-order valence-electron chi connectivity index (χ2n) is 12.5. The fourth-order valence-corrected chi connectivity index (χ4v) is 8.34. The number of aliphatic hydroxyl groups excluding tert-OH is 2. The average Bonchev–Trinajstić information content (AvgIpc) is 3.81. The molecule has 4 heterocycles. The summed E-state index contributed by atoms with van der Waals surface area (Å²) in [5.41, 5.74) is 4.21. The van der Waals surface area contributed by atoms with Crippen LogP contribution in [0.25, 0.3) is 11.2 Å². The summed E-state index contributed by atoms with van der Waals surface area (Å²) < 4.78 is 66.7. The number of nitrogens with two attached hydrogens (primary N) is 1. The molecule has 1 saturated heterocycles. The molecule has 2 aromatic rings. The molecule has 30 heteroatoms. The Kier molecular flexibility index (Phi) is 15.1. The molecule has 0 saturated carbocycles. The third-order valence-electron chi connectivity index (χ3n) is 7.61. The SMILES string of the molecule is CC(C)(COP(=O)(O)OP(=O)(O)OC[C@H]1O[C@@H](n2cnc3c(N)ncnc32)[C@H](O)[C@@H]1OP(=O)(O)O)[C@@H](O)C(=O)NCCC(=O)NCCSC(=O)C1=CCC(=O)O1. The van der Waals surface area contributed by atoms with Crippen LogP contribution in [-0.4, -0.2) is 129 Å². The number of hydrogen-bond donors (Lipinski definition) is 9. The molecule has 1 fully saturated rings. The molecule has 2 aromatic heterocycles. The smallest absolute Gasteiger partial charge is 0.422 e. The van der Waals surface area contributed by atoms with Gasteiger partial charge in [-0.1, -0.05) is 25.6 Å². The Morgan fingerprint density at radius 2 is 1.79 bits per heavy atom. The lowest BCUT2D eigenvalue weighted by molar-refractivity contribution is -0.138. The van der Waals surface area contributed by atoms with Gasteiger partial charge >= 0.3 is 29.4 Å². The van der Waals surface area contributed by atoms with Crippen LogP contribution < -0.4 is 16.4 Å². The van der Waals surface area contributed by atoms with Crippen molar-refractivity contribution < 1.29 is 90.0 Å². The third kappa shape index (κ3) is 12.6. The summed E-state index contributed by atoms with van der Waals surface area (Å²) in [5.74, 6) is -2.02. The summed E-state index contributed by atoms with van der Waals surface area (Å²) in [6, 6.07) is 0. The molecule has 7 atom stereocenters. The van der Waals surface area contributed by atoms with Crippen molar-refractivity contribution in [2.45, 2.75) is 57.3 Å². The average molecular weight is 878 g/mol. The largest absolute Gasteiger partial charge is 0.481 e. The lowest BCUT2D eigenvalue weighted by Gasteiger charge is -2.30. The number of carbonyl (C=O) groups excluding carboxylic acids is 4. The topological polar surface area (TPSA) is 390 Å². The standard InChI is InChI=1S/C26H38N7O19P3S/c1-26(2,20(37)23(38)29-6-5-15(34)28-7-8-56-25(39)13-3-4-16(35)49-13)10-48-55(45,46)52-54(43,44)47-9-14-19(51-53(40,41)42)18(36)24(50-14)33-12-32-17-21(27)30-11-31-22(17)33/h3,11-12,14,18-20,24,36-37H,4-10H2,1-2H3,(H,28,34)(H,29,38)(H,43,44)(H,45,46)(H2,27,30,31)(H2,40,41,42)/t14-,18-,19-,20+,24-/m1/s1. The molecule has 0 spiro atoms. The van der Waals surface area contributed by atoms with E-state index in [0.717, 1.165) is 29.0 Å². The predicted octanol–water partition coefficient (Wildman–Crippen LogP) is -1.50. The van der Waals surface area contributed by atoms with E-state index in [9.17, 15) is 62.7 Å². The molecule has 2 aliphatic rings. The van der Waals surface area contributed by atoms with Gasteiger partial charge in [0.1, 0.15) is 36.3 Å². The number of nitrogens with zero attached hydrogens (tertiary/aromatic N) is 4. The molecule has 4 rings (SSSR count). The van der Waals surface area contributed by atoms with Gasteiger partial charge in [-0.25, -0.2) is 28.6 Å². The summed E-state index contributed by atoms with van der Waals surface area (Å²) in [7, 11) is -16.4. The van der Waals surface area contributed by atoms with Gasteiger partial charge in [0.25, 0.3) is 5.12 Å². The number of ether oxygens (including phenoxy) is 2. The number of esters is 1. The molecule has 0 aromatic carbocycles. The van der Waals surface area contributed by atoms with Crippen molar-refractivity contribution in [1.29, 1.82) is 0 Å². The zero-order valence-corrected chi connectivity index (χ0v) is 32.7. The van der Waals surface area contributed by atoms with Crippen LogP contribution in [0.4, 0.5) is 5.82 Å². The van der Waals surface area contributed by atoms with Crippen LogP contribution >= 0.6 is 35.2 Å². The van der Waals surface area contributed by atoms with Gasteiger partial charge in [0.2, 0.25) is 11.8 Å². The van der Waals surface area contributed by atoms with Crippen molar-refractivity contribution in [3.05, 3.63) is 24.5 Å². The van der Waals surface area contributed by atoms with Gasteiger partial charge in [0.05, 0.1) is 26.0 Å². The molecule has 2 aliphatic heterocycles. The Labute approximate surface area is 319 Å². The fraction of sp³-hybridized carbons (Fsp3) is 0.577. The maximum absolute atomic E-state index is 12.7. The molecule has 312 valence electrons. The van der Waals surface area contributed by atoms with E-state index in [0.29, 0.717) is 0 Å². The Hall–Kier alpha value is -3.23. The molecular formula is C26H38N7O19P3S. The van der Waals surface area contributed by atoms with Crippen molar-refractivity contribution in [3.8, 4) is 0 Å². The molecule has 26 nitrogen and oxygen atoms in total. The number of aliphatic hydroxyl groups is 2. The minimum absolute atomic E-state index is 0.00163. The Morgan fingerprint density at radius 1 is 1.09 bits per heavy atom. The first-order valence-corrected chi connectivity index (χ1v) is 21.5. The van der Waals surface area contributed by atoms with Gasteiger partial charge in [-0.05, 0) is 6.08 Å². The van der Waals surface area contributed by atoms with Gasteiger partial charge in [-0.15, -0.1) is 0 Å². The summed E-state index contributed by atoms with van der Waals surface area (Å²) in [6.45, 7) is 0.229. The number of carbonyl (C=O) groups is 4. The van der Waals surface area contributed by atoms with Crippen LogP contribution in [0.1, 0.15) is 32.9 Å². The monoisotopic (exact) mass is 877 g/mol. The molecule has 2 unspecified atom stereocenters. The Morgan fingerprint density at radius 3 is 2.45 bits per heavy atom. The van der Waals surface area contributed by atoms with Crippen molar-refractivity contribution in [2.24, 2.45) is 5.41 Å². The summed E-state index contributed by atoms with van der Waals surface area (Å²) in [5, 5.41) is 25.7. The number of nitrogen functional groups attached to an aromatic ring is 1. The molecule has 0 radical (unpaired) electrons. The predicted molar refractivity (Wildman–Crippen MR) is 186 cm³/mol. The van der Waals surface area contributed by atoms with Gasteiger partial charge in [0, 0.05) is 30.7 Å². The van der Waals surface area contributed by atoms with E-state index in [2.05, 4.69) is 34.4 Å². The maximum atomic E-state index is 12.7. The van der Waals surface area contributed by atoms with Crippen LogP contribution in [0.2, 0.25) is 0 Å². The Balaban J connectivity index is 1.23. The first kappa shape index (κ1) is 45.5. The molecule has 2 amide bonds. The van der Waals surface area contributed by atoms with Crippen LogP contribution in [0, 0.1) is 5.41 Å². The number of amides is 2. The number of imidazole rings is 1. The lowest BCUT2D eigenvalue weighted by Crippen LogP contribution is -2.46. The number of thioether (sulfide) groups is 1. The number of nitrogens with one attached hydrogen (secondary N) is 2. The van der Waals surface area contributed by atoms with Crippen molar-refractivity contribution in [1.82, 2.24) is 30.2 Å². The third-order valence-corrected chi connectivity index (χ3v) is 11.6. The quantitative estimate of drug-likeness (QED) is 0.0415. The van der Waals surface area contributed by atoms with E-state index >= 15 is 0 Å². The first-order valence-electron chi connectivity index (χ1n) is 16.0. The van der Waals surface area contributed by atoms with Crippen LogP contribution in [-0.2, 0) is 60.2 Å². The molecule has 56 heavy (non-hydrogen) atoms. The number of rotatable bonds is 20. The van der Waals surface area contributed by atoms with Gasteiger partial charge < -0.3 is 55.6 Å². The number of phosphoric ester groups is 3. The van der Waals surface area contributed by atoms with Gasteiger partial charge in [-0.3, -0.25) is 37.3 Å². The highest BCUT2D eigenvalue weighted by atomic mass is 32.2. The second kappa shape index (κ2) is 18.6. The summed E-state index contributed by atoms with van der Waals surface area (Å²) in [4.78, 5) is 98.4. The fourth-order valence-electron chi connectivity index (χ4n) is 4.85. The lowest BCUT2D eigenvalue weighted by atomic mass is 9.87. The second-order valence-corrected chi connectivity index (χ2v) is 17.8. The summed E-state index contributed by atoms with van der Waals surface area (Å²) >= 11 is 0.824. The van der Waals surface area contributed by atoms with Crippen molar-refractivity contribution in [3.63, 3.8) is 0 Å². The van der Waals surface area contributed by atoms with Crippen LogP contribution in [0.3, 0.4) is 0 Å². The number of phosphoric acid groups is 3. The molecule has 0 aliphatic carbocycles. The van der Waals surface area contributed by atoms with Crippen LogP contribution in [0.15, 0.2) is 24.5 Å². The van der Waals surface area contributed by atoms with Crippen molar-refractivity contribution >= 4 is 75.1 Å². The molecule has 10 N–H and O–H groups in total. The van der Waals surface area contributed by atoms with Gasteiger partial charge in [0.15, 0.2) is 23.5 Å². The number of fused-ring (bicyclic) bond motifs is 1. The highest BCUT2D eigenvalue weighted by molar-refractivity contribution is 8.14. The highest BCUT2D eigenvalue weighted by Gasteiger charge is 2.50. The zero-order chi connectivity index (χ0) is 41.6. The van der Waals surface area contributed by atoms with Gasteiger partial charge in [-0.2, -0.15) is 4.31 Å². The van der Waals surface area contributed by atoms with E-state index in [4.69, 9.17) is 24.3 Å². The number of anilines is 1. The van der Waals surface area contributed by atoms with E-state index in [1.807, 2.05) is 0 Å². The minimum atomic E-state index is -5.58. The van der Waals surface area contributed by atoms with E-state index in [1.165, 1.54) is 19.9 Å². The van der Waals surface area contributed by atoms with E-state index < -0.39 is 95.6 Å². The summed E-state index contributed by atoms with van der Waals surface area (Å²) in [6.07, 6.45) is -5.71. The Bertz CT molecular complexity index is 1980. The first-order chi connectivity index (χ1) is 26.0. The maximum Gasteiger partial charge on any atom is 0.481 e. The van der Waals surface area contributed by atoms with Crippen LogP contribution in [0.5, 0.6) is 0 Å². The van der Waals surface area contributed by atoms with Crippen molar-refractivity contribution in [2.75, 3.05) is 37.8 Å². The van der Waals surface area contributed by atoms with E-state index in [-0.39, 0.29) is 54.4 Å². The number of hydrogen-bond acceptors (Lipinski definition) is 20. The highest BCUT2D eigenvalue weighted by Crippen LogP contribution is 2.61. The van der Waals surface area contributed by atoms with E-state index in [1.54, 1.807) is 0 Å². The number of aromatic nitrogens is 4. The molecule has 0 bridgehead atoms. The normalized spacial score (nSPS) is 22.9.